The molecule has 110 valence electrons. The van der Waals surface area contributed by atoms with E-state index < -0.39 is 0 Å². The molecule has 0 fully saturated rings. The number of ether oxygens (including phenoxy) is 1. The number of pyridine rings is 1. The summed E-state index contributed by atoms with van der Waals surface area (Å²) in [5, 5.41) is 5.85. The molecule has 0 atom stereocenters. The third-order valence-electron chi connectivity index (χ3n) is 3.15. The SMILES string of the molecule is CNc1cc(C(=O)Nc2ccc(OC)cc2C)cc(C)n1. The molecular formula is C16H19N3O2. The second kappa shape index (κ2) is 6.26. The van der Waals surface area contributed by atoms with Gasteiger partial charge in [0.2, 0.25) is 0 Å². The van der Waals surface area contributed by atoms with Crippen molar-refractivity contribution in [2.45, 2.75) is 13.8 Å². The summed E-state index contributed by atoms with van der Waals surface area (Å²) >= 11 is 0. The molecule has 0 aliphatic rings. The fourth-order valence-electron chi connectivity index (χ4n) is 2.03. The molecule has 0 spiro atoms. The molecule has 2 aromatic rings. The van der Waals surface area contributed by atoms with E-state index in [1.165, 1.54) is 0 Å². The van der Waals surface area contributed by atoms with E-state index in [9.17, 15) is 4.79 Å². The molecule has 0 radical (unpaired) electrons. The second-order valence-corrected chi connectivity index (χ2v) is 4.77. The number of amides is 1. The summed E-state index contributed by atoms with van der Waals surface area (Å²) < 4.78 is 5.16. The lowest BCUT2D eigenvalue weighted by atomic mass is 10.1. The van der Waals surface area contributed by atoms with Crippen molar-refractivity contribution in [3.63, 3.8) is 0 Å². The van der Waals surface area contributed by atoms with Gasteiger partial charge in [-0.05, 0) is 49.7 Å². The molecule has 0 saturated heterocycles. The molecule has 1 aromatic heterocycles. The average Bonchev–Trinajstić information content (AvgIpc) is 2.48. The number of rotatable bonds is 4. The summed E-state index contributed by atoms with van der Waals surface area (Å²) in [4.78, 5) is 16.6. The normalized spacial score (nSPS) is 10.1. The molecular weight excluding hydrogens is 266 g/mol. The smallest absolute Gasteiger partial charge is 0.255 e. The first-order valence-electron chi connectivity index (χ1n) is 6.66. The molecule has 0 aliphatic heterocycles. The van der Waals surface area contributed by atoms with Crippen LogP contribution >= 0.6 is 0 Å². The fourth-order valence-corrected chi connectivity index (χ4v) is 2.03. The topological polar surface area (TPSA) is 63.2 Å². The van der Waals surface area contributed by atoms with Crippen molar-refractivity contribution < 1.29 is 9.53 Å². The number of benzene rings is 1. The van der Waals surface area contributed by atoms with Gasteiger partial charge in [0, 0.05) is 24.0 Å². The van der Waals surface area contributed by atoms with Crippen LogP contribution in [-0.2, 0) is 0 Å². The lowest BCUT2D eigenvalue weighted by Crippen LogP contribution is -2.14. The highest BCUT2D eigenvalue weighted by atomic mass is 16.5. The minimum atomic E-state index is -0.162. The standard InChI is InChI=1S/C16H19N3O2/c1-10-7-13(21-4)5-6-14(10)19-16(20)12-8-11(2)18-15(9-12)17-3/h5-9H,1-4H3,(H,17,18)(H,19,20). The third-order valence-corrected chi connectivity index (χ3v) is 3.15. The van der Waals surface area contributed by atoms with Crippen molar-refractivity contribution in [1.29, 1.82) is 0 Å². The molecule has 5 nitrogen and oxygen atoms in total. The van der Waals surface area contributed by atoms with Gasteiger partial charge in [0.05, 0.1) is 7.11 Å². The largest absolute Gasteiger partial charge is 0.497 e. The predicted molar refractivity (Wildman–Crippen MR) is 84.2 cm³/mol. The number of hydrogen-bond donors (Lipinski definition) is 2. The van der Waals surface area contributed by atoms with Gasteiger partial charge in [-0.2, -0.15) is 0 Å². The summed E-state index contributed by atoms with van der Waals surface area (Å²) in [5.41, 5.74) is 3.07. The molecule has 21 heavy (non-hydrogen) atoms. The number of carbonyl (C=O) groups excluding carboxylic acids is 1. The van der Waals surface area contributed by atoms with Crippen molar-refractivity contribution >= 4 is 17.4 Å². The zero-order valence-corrected chi connectivity index (χ0v) is 12.7. The molecule has 0 bridgehead atoms. The third kappa shape index (κ3) is 3.51. The van der Waals surface area contributed by atoms with E-state index in [1.54, 1.807) is 26.3 Å². The lowest BCUT2D eigenvalue weighted by molar-refractivity contribution is 0.102. The van der Waals surface area contributed by atoms with E-state index >= 15 is 0 Å². The Bertz CT molecular complexity index is 669. The Labute approximate surface area is 124 Å². The van der Waals surface area contributed by atoms with Crippen molar-refractivity contribution in [2.75, 3.05) is 24.8 Å². The summed E-state index contributed by atoms with van der Waals surface area (Å²) in [7, 11) is 3.39. The molecule has 5 heteroatoms. The van der Waals surface area contributed by atoms with Crippen LogP contribution in [0.25, 0.3) is 0 Å². The van der Waals surface area contributed by atoms with Crippen LogP contribution in [0.4, 0.5) is 11.5 Å². The van der Waals surface area contributed by atoms with Crippen molar-refractivity contribution in [1.82, 2.24) is 4.98 Å². The van der Waals surface area contributed by atoms with Crippen molar-refractivity contribution in [2.24, 2.45) is 0 Å². The Morgan fingerprint density at radius 2 is 1.95 bits per heavy atom. The van der Waals surface area contributed by atoms with Gasteiger partial charge >= 0.3 is 0 Å². The number of nitrogens with zero attached hydrogens (tertiary/aromatic N) is 1. The number of nitrogens with one attached hydrogen (secondary N) is 2. The van der Waals surface area contributed by atoms with Gasteiger partial charge in [-0.1, -0.05) is 0 Å². The first-order valence-corrected chi connectivity index (χ1v) is 6.66. The van der Waals surface area contributed by atoms with Crippen molar-refractivity contribution in [3.8, 4) is 5.75 Å². The maximum atomic E-state index is 12.3. The van der Waals surface area contributed by atoms with Gasteiger partial charge in [0.1, 0.15) is 11.6 Å². The zero-order chi connectivity index (χ0) is 15.4. The van der Waals surface area contributed by atoms with Gasteiger partial charge in [0.25, 0.3) is 5.91 Å². The van der Waals surface area contributed by atoms with Gasteiger partial charge in [-0.15, -0.1) is 0 Å². The number of aromatic nitrogens is 1. The maximum Gasteiger partial charge on any atom is 0.255 e. The highest BCUT2D eigenvalue weighted by Gasteiger charge is 2.10. The van der Waals surface area contributed by atoms with Crippen LogP contribution in [0.2, 0.25) is 0 Å². The Kier molecular flexibility index (Phi) is 4.42. The molecule has 0 saturated carbocycles. The van der Waals surface area contributed by atoms with E-state index in [1.807, 2.05) is 32.0 Å². The molecule has 2 N–H and O–H groups in total. The number of carbonyl (C=O) groups is 1. The van der Waals surface area contributed by atoms with E-state index in [4.69, 9.17) is 4.74 Å². The molecule has 1 heterocycles. The van der Waals surface area contributed by atoms with Crippen LogP contribution < -0.4 is 15.4 Å². The first kappa shape index (κ1) is 14.8. The van der Waals surface area contributed by atoms with E-state index in [0.717, 1.165) is 22.7 Å². The highest BCUT2D eigenvalue weighted by molar-refractivity contribution is 6.05. The molecule has 0 unspecified atom stereocenters. The fraction of sp³-hybridized carbons (Fsp3) is 0.250. The molecule has 0 aliphatic carbocycles. The number of aryl methyl sites for hydroxylation is 2. The Morgan fingerprint density at radius 3 is 2.57 bits per heavy atom. The quantitative estimate of drug-likeness (QED) is 0.906. The van der Waals surface area contributed by atoms with Gasteiger partial charge in [-0.3, -0.25) is 4.79 Å². The lowest BCUT2D eigenvalue weighted by Gasteiger charge is -2.11. The van der Waals surface area contributed by atoms with Crippen LogP contribution in [0, 0.1) is 13.8 Å². The Balaban J connectivity index is 2.23. The minimum absolute atomic E-state index is 0.162. The van der Waals surface area contributed by atoms with E-state index in [2.05, 4.69) is 15.6 Å². The molecule has 2 rings (SSSR count). The predicted octanol–water partition coefficient (Wildman–Crippen LogP) is 3.00. The van der Waals surface area contributed by atoms with Gasteiger partial charge < -0.3 is 15.4 Å². The molecule has 1 aromatic carbocycles. The summed E-state index contributed by atoms with van der Waals surface area (Å²) in [5.74, 6) is 1.28. The number of hydrogen-bond acceptors (Lipinski definition) is 4. The number of anilines is 2. The summed E-state index contributed by atoms with van der Waals surface area (Å²) in [6.45, 7) is 3.78. The summed E-state index contributed by atoms with van der Waals surface area (Å²) in [6, 6.07) is 9.02. The second-order valence-electron chi connectivity index (χ2n) is 4.77. The molecule has 1 amide bonds. The summed E-state index contributed by atoms with van der Waals surface area (Å²) in [6.07, 6.45) is 0. The van der Waals surface area contributed by atoms with Gasteiger partial charge in [-0.25, -0.2) is 4.98 Å². The maximum absolute atomic E-state index is 12.3. The monoisotopic (exact) mass is 285 g/mol. The van der Waals surface area contributed by atoms with Crippen LogP contribution in [0.5, 0.6) is 5.75 Å². The number of methoxy groups -OCH3 is 1. The van der Waals surface area contributed by atoms with Crippen LogP contribution in [-0.4, -0.2) is 25.0 Å². The van der Waals surface area contributed by atoms with Crippen LogP contribution in [0.15, 0.2) is 30.3 Å². The minimum Gasteiger partial charge on any atom is -0.497 e. The van der Waals surface area contributed by atoms with Gasteiger partial charge in [0.15, 0.2) is 0 Å². The van der Waals surface area contributed by atoms with Crippen LogP contribution in [0.1, 0.15) is 21.6 Å². The Hall–Kier alpha value is -2.56. The first-order chi connectivity index (χ1) is 10.0. The zero-order valence-electron chi connectivity index (χ0n) is 12.7. The average molecular weight is 285 g/mol. The highest BCUT2D eigenvalue weighted by Crippen LogP contribution is 2.22. The van der Waals surface area contributed by atoms with E-state index in [-0.39, 0.29) is 5.91 Å². The van der Waals surface area contributed by atoms with Crippen molar-refractivity contribution in [3.05, 3.63) is 47.2 Å². The van der Waals surface area contributed by atoms with E-state index in [0.29, 0.717) is 11.4 Å². The van der Waals surface area contributed by atoms with Crippen LogP contribution in [0.3, 0.4) is 0 Å². The Morgan fingerprint density at radius 1 is 1.19 bits per heavy atom.